The molecule has 0 aliphatic rings. The molecule has 60 valence electrons. The molecule has 0 saturated heterocycles. The van der Waals surface area contributed by atoms with E-state index in [9.17, 15) is 4.57 Å². The maximum absolute atomic E-state index is 11.1. The smallest absolute Gasteiger partial charge is 0.0854 e. The van der Waals surface area contributed by atoms with Crippen molar-refractivity contribution >= 4 is 7.14 Å². The summed E-state index contributed by atoms with van der Waals surface area (Å²) < 4.78 is 11.1. The van der Waals surface area contributed by atoms with Crippen LogP contribution in [-0.4, -0.2) is 31.2 Å². The summed E-state index contributed by atoms with van der Waals surface area (Å²) in [4.78, 5) is 0. The van der Waals surface area contributed by atoms with E-state index in [1.807, 2.05) is 12.2 Å². The average Bonchev–Trinajstić information content (AvgIpc) is 1.78. The van der Waals surface area contributed by atoms with Crippen LogP contribution < -0.4 is 0 Å². The van der Waals surface area contributed by atoms with Gasteiger partial charge < -0.3 is 9.67 Å². The molecule has 0 aromatic rings. The van der Waals surface area contributed by atoms with Crippen LogP contribution in [0.4, 0.5) is 0 Å². The van der Waals surface area contributed by atoms with Gasteiger partial charge in [0.05, 0.1) is 7.14 Å². The predicted octanol–water partition coefficient (Wildman–Crippen LogP) is 1.55. The van der Waals surface area contributed by atoms with E-state index < -0.39 is 7.14 Å². The lowest BCUT2D eigenvalue weighted by molar-refractivity contribution is 0.302. The van der Waals surface area contributed by atoms with Crippen LogP contribution in [0.1, 0.15) is 6.42 Å². The summed E-state index contributed by atoms with van der Waals surface area (Å²) >= 11 is 0. The summed E-state index contributed by atoms with van der Waals surface area (Å²) in [5, 5.41) is 8.38. The highest BCUT2D eigenvalue weighted by molar-refractivity contribution is 7.62. The number of aliphatic hydroxyl groups excluding tert-OH is 1. The summed E-state index contributed by atoms with van der Waals surface area (Å²) in [6, 6.07) is 0. The van der Waals surface area contributed by atoms with Crippen LogP contribution in [0.5, 0.6) is 0 Å². The molecule has 0 amide bonds. The minimum Gasteiger partial charge on any atom is -0.396 e. The Bertz CT molecular complexity index is 146. The minimum absolute atomic E-state index is 0.175. The normalized spacial score (nSPS) is 12.7. The monoisotopic (exact) mass is 162 g/mol. The van der Waals surface area contributed by atoms with Crippen molar-refractivity contribution in [2.75, 3.05) is 26.1 Å². The van der Waals surface area contributed by atoms with Gasteiger partial charge in [0.15, 0.2) is 0 Å². The molecule has 0 rings (SSSR count). The van der Waals surface area contributed by atoms with Gasteiger partial charge in [-0.15, -0.1) is 0 Å². The predicted molar refractivity (Wildman–Crippen MR) is 45.2 cm³/mol. The fourth-order valence-electron chi connectivity index (χ4n) is 0.521. The number of hydrogen-bond donors (Lipinski definition) is 1. The van der Waals surface area contributed by atoms with Crippen LogP contribution in [-0.2, 0) is 4.57 Å². The summed E-state index contributed by atoms with van der Waals surface area (Å²) in [6.07, 6.45) is 5.05. The molecule has 3 heteroatoms. The van der Waals surface area contributed by atoms with E-state index in [4.69, 9.17) is 5.11 Å². The fourth-order valence-corrected chi connectivity index (χ4v) is 1.18. The Labute approximate surface area is 62.3 Å². The summed E-state index contributed by atoms with van der Waals surface area (Å²) in [6.45, 7) is 3.70. The molecule has 0 bridgehead atoms. The van der Waals surface area contributed by atoms with Gasteiger partial charge in [-0.05, 0) is 19.8 Å². The van der Waals surface area contributed by atoms with Crippen LogP contribution in [0, 0.1) is 0 Å². The lowest BCUT2D eigenvalue weighted by Crippen LogP contribution is -1.81. The van der Waals surface area contributed by atoms with Crippen molar-refractivity contribution in [1.82, 2.24) is 0 Å². The first-order valence-corrected chi connectivity index (χ1v) is 6.15. The fraction of sp³-hybridized carbons (Fsp3) is 0.714. The molecule has 0 atom stereocenters. The van der Waals surface area contributed by atoms with Crippen molar-refractivity contribution < 1.29 is 9.67 Å². The Morgan fingerprint density at radius 2 is 2.00 bits per heavy atom. The first-order valence-electron chi connectivity index (χ1n) is 3.36. The summed E-state index contributed by atoms with van der Waals surface area (Å²) in [5.74, 6) is 0. The minimum atomic E-state index is -1.87. The van der Waals surface area contributed by atoms with E-state index in [2.05, 4.69) is 0 Å². The molecule has 0 spiro atoms. The first-order chi connectivity index (χ1) is 4.56. The van der Waals surface area contributed by atoms with Gasteiger partial charge in [-0.3, -0.25) is 0 Å². The van der Waals surface area contributed by atoms with Crippen LogP contribution in [0.3, 0.4) is 0 Å². The maximum atomic E-state index is 11.1. The van der Waals surface area contributed by atoms with E-state index in [-0.39, 0.29) is 6.61 Å². The first kappa shape index (κ1) is 9.93. The number of allylic oxidation sites excluding steroid dienone is 1. The Balaban J connectivity index is 3.44. The third kappa shape index (κ3) is 7.93. The molecule has 2 nitrogen and oxygen atoms in total. The zero-order valence-corrected chi connectivity index (χ0v) is 7.47. The molecule has 0 fully saturated rings. The maximum Gasteiger partial charge on any atom is 0.0854 e. The lowest BCUT2D eigenvalue weighted by atomic mass is 10.4. The quantitative estimate of drug-likeness (QED) is 0.503. The third-order valence-electron chi connectivity index (χ3n) is 1.01. The van der Waals surface area contributed by atoms with Gasteiger partial charge in [-0.2, -0.15) is 0 Å². The summed E-state index contributed by atoms with van der Waals surface area (Å²) in [7, 11) is -1.87. The zero-order chi connectivity index (χ0) is 8.04. The van der Waals surface area contributed by atoms with Gasteiger partial charge in [0.2, 0.25) is 0 Å². The zero-order valence-electron chi connectivity index (χ0n) is 6.58. The van der Waals surface area contributed by atoms with E-state index >= 15 is 0 Å². The van der Waals surface area contributed by atoms with Gasteiger partial charge in [-0.1, -0.05) is 12.2 Å². The van der Waals surface area contributed by atoms with Crippen molar-refractivity contribution in [3.63, 3.8) is 0 Å². The second-order valence-electron chi connectivity index (χ2n) is 2.74. The molecule has 0 radical (unpaired) electrons. The van der Waals surface area contributed by atoms with Gasteiger partial charge in [0, 0.05) is 12.8 Å². The molecular formula is C7H15O2P. The van der Waals surface area contributed by atoms with Gasteiger partial charge >= 0.3 is 0 Å². The lowest BCUT2D eigenvalue weighted by Gasteiger charge is -1.99. The Kier molecular flexibility index (Phi) is 4.67. The molecule has 0 aliphatic heterocycles. The van der Waals surface area contributed by atoms with Crippen LogP contribution in [0.15, 0.2) is 12.2 Å². The number of hydrogen-bond acceptors (Lipinski definition) is 2. The van der Waals surface area contributed by atoms with Gasteiger partial charge in [0.1, 0.15) is 0 Å². The highest BCUT2D eigenvalue weighted by Gasteiger charge is 2.01. The topological polar surface area (TPSA) is 37.3 Å². The van der Waals surface area contributed by atoms with E-state index in [0.717, 1.165) is 0 Å². The van der Waals surface area contributed by atoms with Gasteiger partial charge in [0.25, 0.3) is 0 Å². The Morgan fingerprint density at radius 1 is 1.40 bits per heavy atom. The molecule has 0 heterocycles. The van der Waals surface area contributed by atoms with Crippen molar-refractivity contribution in [3.8, 4) is 0 Å². The number of rotatable bonds is 4. The SMILES string of the molecule is CP(C)(=O)C/C=C/CCO. The molecule has 0 aromatic carbocycles. The van der Waals surface area contributed by atoms with Crippen molar-refractivity contribution in [3.05, 3.63) is 12.2 Å². The van der Waals surface area contributed by atoms with Crippen LogP contribution in [0.25, 0.3) is 0 Å². The third-order valence-corrected chi connectivity index (χ3v) is 2.10. The average molecular weight is 162 g/mol. The van der Waals surface area contributed by atoms with Crippen LogP contribution >= 0.6 is 7.14 Å². The molecule has 10 heavy (non-hydrogen) atoms. The van der Waals surface area contributed by atoms with Crippen LogP contribution in [0.2, 0.25) is 0 Å². The molecule has 0 aromatic heterocycles. The van der Waals surface area contributed by atoms with E-state index in [1.54, 1.807) is 13.3 Å². The molecule has 1 N–H and O–H groups in total. The van der Waals surface area contributed by atoms with Crippen molar-refractivity contribution in [1.29, 1.82) is 0 Å². The molecular weight excluding hydrogens is 147 g/mol. The molecule has 0 unspecified atom stereocenters. The van der Waals surface area contributed by atoms with E-state index in [0.29, 0.717) is 12.6 Å². The second kappa shape index (κ2) is 4.70. The van der Waals surface area contributed by atoms with Gasteiger partial charge in [-0.25, -0.2) is 0 Å². The van der Waals surface area contributed by atoms with E-state index in [1.165, 1.54) is 0 Å². The highest BCUT2D eigenvalue weighted by atomic mass is 31.2. The molecule has 0 aliphatic carbocycles. The number of aliphatic hydroxyl groups is 1. The standard InChI is InChI=1S/C7H15O2P/c1-10(2,9)7-5-3-4-6-8/h3,5,8H,4,6-7H2,1-2H3/b5-3+. The Morgan fingerprint density at radius 3 is 2.40 bits per heavy atom. The van der Waals surface area contributed by atoms with Crippen molar-refractivity contribution in [2.45, 2.75) is 6.42 Å². The molecule has 0 saturated carbocycles. The second-order valence-corrected chi connectivity index (χ2v) is 6.25. The highest BCUT2D eigenvalue weighted by Crippen LogP contribution is 2.35. The van der Waals surface area contributed by atoms with Crippen molar-refractivity contribution in [2.24, 2.45) is 0 Å². The Hall–Kier alpha value is -0.0700. The summed E-state index contributed by atoms with van der Waals surface area (Å²) in [5.41, 5.74) is 0. The largest absolute Gasteiger partial charge is 0.396 e.